The van der Waals surface area contributed by atoms with Crippen LogP contribution in [0.25, 0.3) is 0 Å². The molecule has 0 aliphatic carbocycles. The number of hydrogen-bond donors (Lipinski definition) is 2. The smallest absolute Gasteiger partial charge is 0.243 e. The van der Waals surface area contributed by atoms with Gasteiger partial charge in [0.2, 0.25) is 20.0 Å². The van der Waals surface area contributed by atoms with Gasteiger partial charge in [-0.3, -0.25) is 4.72 Å². The van der Waals surface area contributed by atoms with Gasteiger partial charge in [0, 0.05) is 31.0 Å². The molecule has 2 N–H and O–H groups in total. The van der Waals surface area contributed by atoms with Crippen LogP contribution in [-0.4, -0.2) is 51.2 Å². The maximum atomic E-state index is 13.1. The standard InChI is InChI=1S/C23H33N3O5S2/c1-17-15-26(16-18(2)31-17)32(27,28)22-8-6-7-21(13-22)24-14-19-9-11-20(12-10-19)25-33(29,30)23(3,4)5/h6-13,17-18,24-25H,14-16H2,1-5H3. The van der Waals surface area contributed by atoms with Gasteiger partial charge >= 0.3 is 0 Å². The first-order valence-corrected chi connectivity index (χ1v) is 13.8. The summed E-state index contributed by atoms with van der Waals surface area (Å²) >= 11 is 0. The summed E-state index contributed by atoms with van der Waals surface area (Å²) in [6.45, 7) is 9.78. The summed E-state index contributed by atoms with van der Waals surface area (Å²) in [6, 6.07) is 13.8. The number of rotatable bonds is 7. The lowest BCUT2D eigenvalue weighted by Crippen LogP contribution is -2.48. The zero-order valence-corrected chi connectivity index (χ0v) is 21.3. The molecular weight excluding hydrogens is 462 g/mol. The molecule has 2 aromatic carbocycles. The third-order valence-corrected chi connectivity index (χ3v) is 9.31. The fraction of sp³-hybridized carbons (Fsp3) is 0.478. The van der Waals surface area contributed by atoms with Crippen LogP contribution >= 0.6 is 0 Å². The summed E-state index contributed by atoms with van der Waals surface area (Å²) in [5.74, 6) is 0. The zero-order valence-electron chi connectivity index (χ0n) is 19.7. The van der Waals surface area contributed by atoms with Crippen LogP contribution in [0.1, 0.15) is 40.2 Å². The van der Waals surface area contributed by atoms with Crippen molar-refractivity contribution in [3.63, 3.8) is 0 Å². The van der Waals surface area contributed by atoms with Crippen molar-refractivity contribution in [1.82, 2.24) is 4.31 Å². The van der Waals surface area contributed by atoms with Crippen LogP contribution in [0.3, 0.4) is 0 Å². The van der Waals surface area contributed by atoms with Crippen molar-refractivity contribution in [1.29, 1.82) is 0 Å². The van der Waals surface area contributed by atoms with Gasteiger partial charge in [0.05, 0.1) is 21.9 Å². The molecule has 0 bridgehead atoms. The van der Waals surface area contributed by atoms with Crippen molar-refractivity contribution in [3.05, 3.63) is 54.1 Å². The second-order valence-corrected chi connectivity index (χ2v) is 13.7. The molecule has 1 fully saturated rings. The Labute approximate surface area is 197 Å². The van der Waals surface area contributed by atoms with Crippen molar-refractivity contribution in [3.8, 4) is 0 Å². The number of morpholine rings is 1. The number of anilines is 2. The highest BCUT2D eigenvalue weighted by atomic mass is 32.2. The topological polar surface area (TPSA) is 105 Å². The summed E-state index contributed by atoms with van der Waals surface area (Å²) < 4.78 is 59.6. The van der Waals surface area contributed by atoms with Gasteiger partial charge < -0.3 is 10.1 Å². The van der Waals surface area contributed by atoms with Crippen molar-refractivity contribution < 1.29 is 21.6 Å². The number of sulfonamides is 2. The molecule has 10 heteroatoms. The maximum Gasteiger partial charge on any atom is 0.243 e. The first-order chi connectivity index (χ1) is 15.3. The third-order valence-electron chi connectivity index (χ3n) is 5.37. The Kier molecular flexibility index (Phi) is 7.42. The molecule has 0 spiro atoms. The maximum absolute atomic E-state index is 13.1. The number of nitrogens with one attached hydrogen (secondary N) is 2. The highest BCUT2D eigenvalue weighted by molar-refractivity contribution is 7.94. The average molecular weight is 496 g/mol. The first-order valence-electron chi connectivity index (χ1n) is 10.9. The fourth-order valence-electron chi connectivity index (χ4n) is 3.45. The molecule has 1 aliphatic rings. The lowest BCUT2D eigenvalue weighted by molar-refractivity contribution is -0.0440. The van der Waals surface area contributed by atoms with Crippen LogP contribution in [0.4, 0.5) is 11.4 Å². The fourth-order valence-corrected chi connectivity index (χ4v) is 5.84. The summed E-state index contributed by atoms with van der Waals surface area (Å²) in [4.78, 5) is 0.237. The van der Waals surface area contributed by atoms with Gasteiger partial charge in [-0.2, -0.15) is 4.31 Å². The van der Waals surface area contributed by atoms with Crippen molar-refractivity contribution in [2.75, 3.05) is 23.1 Å². The summed E-state index contributed by atoms with van der Waals surface area (Å²) in [5.41, 5.74) is 2.11. The van der Waals surface area contributed by atoms with E-state index in [4.69, 9.17) is 4.74 Å². The Hall–Kier alpha value is -2.14. The Morgan fingerprint density at radius 2 is 1.55 bits per heavy atom. The molecule has 1 heterocycles. The van der Waals surface area contributed by atoms with E-state index < -0.39 is 24.8 Å². The van der Waals surface area contributed by atoms with Crippen LogP contribution < -0.4 is 10.0 Å². The largest absolute Gasteiger partial charge is 0.381 e. The molecule has 1 saturated heterocycles. The molecule has 2 unspecified atom stereocenters. The van der Waals surface area contributed by atoms with Gasteiger partial charge in [-0.05, 0) is 70.5 Å². The Morgan fingerprint density at radius 3 is 2.12 bits per heavy atom. The zero-order chi connectivity index (χ0) is 24.4. The summed E-state index contributed by atoms with van der Waals surface area (Å²) in [6.07, 6.45) is -0.304. The molecule has 0 amide bonds. The predicted octanol–water partition coefficient (Wildman–Crippen LogP) is 3.64. The monoisotopic (exact) mass is 495 g/mol. The highest BCUT2D eigenvalue weighted by Gasteiger charge is 2.32. The molecular formula is C23H33N3O5S2. The second-order valence-electron chi connectivity index (χ2n) is 9.38. The van der Waals surface area contributed by atoms with E-state index in [-0.39, 0.29) is 17.1 Å². The van der Waals surface area contributed by atoms with E-state index in [1.165, 1.54) is 4.31 Å². The predicted molar refractivity (Wildman–Crippen MR) is 131 cm³/mol. The van der Waals surface area contributed by atoms with Gasteiger partial charge in [-0.25, -0.2) is 16.8 Å². The highest BCUT2D eigenvalue weighted by Crippen LogP contribution is 2.24. The van der Waals surface area contributed by atoms with Crippen LogP contribution in [0.2, 0.25) is 0 Å². The van der Waals surface area contributed by atoms with Gasteiger partial charge in [-0.15, -0.1) is 0 Å². The molecule has 3 rings (SSSR count). The molecule has 182 valence electrons. The van der Waals surface area contributed by atoms with Crippen LogP contribution in [-0.2, 0) is 31.3 Å². The van der Waals surface area contributed by atoms with Crippen LogP contribution in [0.5, 0.6) is 0 Å². The third kappa shape index (κ3) is 6.26. The van der Waals surface area contributed by atoms with Crippen LogP contribution in [0.15, 0.2) is 53.4 Å². The van der Waals surface area contributed by atoms with E-state index in [1.54, 1.807) is 51.1 Å². The molecule has 0 aromatic heterocycles. The molecule has 2 aromatic rings. The molecule has 0 radical (unpaired) electrons. The SMILES string of the molecule is CC1CN(S(=O)(=O)c2cccc(NCc3ccc(NS(=O)(=O)C(C)(C)C)cc3)c2)CC(C)O1. The molecule has 33 heavy (non-hydrogen) atoms. The van der Waals surface area contributed by atoms with Crippen molar-refractivity contribution >= 4 is 31.4 Å². The normalized spacial score (nSPS) is 20.4. The Morgan fingerprint density at radius 1 is 0.939 bits per heavy atom. The van der Waals surface area contributed by atoms with E-state index in [2.05, 4.69) is 10.0 Å². The van der Waals surface area contributed by atoms with E-state index in [0.717, 1.165) is 5.56 Å². The Bertz CT molecular complexity index is 1160. The number of hydrogen-bond acceptors (Lipinski definition) is 6. The Balaban J connectivity index is 1.67. The number of ether oxygens (including phenoxy) is 1. The van der Waals surface area contributed by atoms with Gasteiger partial charge in [0.15, 0.2) is 0 Å². The summed E-state index contributed by atoms with van der Waals surface area (Å²) in [7, 11) is -7.11. The van der Waals surface area contributed by atoms with E-state index in [9.17, 15) is 16.8 Å². The molecule has 1 aliphatic heterocycles. The van der Waals surface area contributed by atoms with Gasteiger partial charge in [-0.1, -0.05) is 18.2 Å². The number of nitrogens with zero attached hydrogens (tertiary/aromatic N) is 1. The van der Waals surface area contributed by atoms with Crippen molar-refractivity contribution in [2.24, 2.45) is 0 Å². The van der Waals surface area contributed by atoms with Gasteiger partial charge in [0.1, 0.15) is 0 Å². The average Bonchev–Trinajstić information content (AvgIpc) is 2.72. The van der Waals surface area contributed by atoms with E-state index in [1.807, 2.05) is 32.0 Å². The molecule has 8 nitrogen and oxygen atoms in total. The lowest BCUT2D eigenvalue weighted by atomic mass is 10.2. The lowest BCUT2D eigenvalue weighted by Gasteiger charge is -2.34. The molecule has 2 atom stereocenters. The minimum absolute atomic E-state index is 0.152. The quantitative estimate of drug-likeness (QED) is 0.608. The minimum Gasteiger partial charge on any atom is -0.381 e. The first kappa shape index (κ1) is 25.5. The minimum atomic E-state index is -3.62. The van der Waals surface area contributed by atoms with E-state index >= 15 is 0 Å². The second kappa shape index (κ2) is 9.61. The van der Waals surface area contributed by atoms with Crippen molar-refractivity contribution in [2.45, 2.75) is 63.0 Å². The molecule has 0 saturated carbocycles. The summed E-state index contributed by atoms with van der Waals surface area (Å²) in [5, 5.41) is 3.24. The van der Waals surface area contributed by atoms with Crippen LogP contribution in [0, 0.1) is 0 Å². The van der Waals surface area contributed by atoms with Gasteiger partial charge in [0.25, 0.3) is 0 Å². The number of benzene rings is 2. The van der Waals surface area contributed by atoms with E-state index in [0.29, 0.717) is 31.0 Å².